The normalized spacial score (nSPS) is 14.2. The second-order valence-electron chi connectivity index (χ2n) is 7.35. The third-order valence-corrected chi connectivity index (χ3v) is 8.88. The van der Waals surface area contributed by atoms with E-state index in [0.29, 0.717) is 6.42 Å². The highest BCUT2D eigenvalue weighted by atomic mass is 28.4. The molecule has 0 fully saturated rings. The van der Waals surface area contributed by atoms with Gasteiger partial charge in [0.2, 0.25) is 0 Å². The average molecular weight is 347 g/mol. The summed E-state index contributed by atoms with van der Waals surface area (Å²) in [6.07, 6.45) is 8.01. The van der Waals surface area contributed by atoms with Crippen molar-refractivity contribution in [2.24, 2.45) is 0 Å². The lowest BCUT2D eigenvalue weighted by atomic mass is 10.1. The van der Waals surface area contributed by atoms with Gasteiger partial charge in [0.05, 0.1) is 13.2 Å². The van der Waals surface area contributed by atoms with E-state index in [0.717, 1.165) is 5.56 Å². The molecule has 0 N–H and O–H groups in total. The molecule has 0 saturated heterocycles. The molecule has 0 heterocycles. The molecule has 4 heteroatoms. The lowest BCUT2D eigenvalue weighted by molar-refractivity contribution is -0.134. The monoisotopic (exact) mass is 346 g/mol. The fourth-order valence-corrected chi connectivity index (χ4v) is 3.16. The Balaban J connectivity index is 2.88. The van der Waals surface area contributed by atoms with Crippen LogP contribution in [0.3, 0.4) is 0 Å². The van der Waals surface area contributed by atoms with Crippen LogP contribution in [0.1, 0.15) is 32.8 Å². The van der Waals surface area contributed by atoms with Crippen molar-refractivity contribution in [1.29, 1.82) is 0 Å². The molecular formula is C20H30O3Si. The van der Waals surface area contributed by atoms with Crippen LogP contribution in [0.2, 0.25) is 18.1 Å². The summed E-state index contributed by atoms with van der Waals surface area (Å²) in [5.41, 5.74) is 1.14. The number of methoxy groups -OCH3 is 1. The van der Waals surface area contributed by atoms with Crippen LogP contribution in [-0.4, -0.2) is 27.5 Å². The Morgan fingerprint density at radius 2 is 1.83 bits per heavy atom. The third kappa shape index (κ3) is 6.85. The Hall–Kier alpha value is -1.65. The smallest absolute Gasteiger partial charge is 0.330 e. The maximum absolute atomic E-state index is 11.3. The van der Waals surface area contributed by atoms with Gasteiger partial charge in [0.25, 0.3) is 0 Å². The molecule has 0 aliphatic carbocycles. The predicted octanol–water partition coefficient (Wildman–Crippen LogP) is 5.21. The topological polar surface area (TPSA) is 35.5 Å². The summed E-state index contributed by atoms with van der Waals surface area (Å²) in [4.78, 5) is 11.3. The van der Waals surface area contributed by atoms with Crippen molar-refractivity contribution in [2.45, 2.75) is 51.4 Å². The molecule has 1 rings (SSSR count). The summed E-state index contributed by atoms with van der Waals surface area (Å²) in [6, 6.07) is 10.1. The lowest BCUT2D eigenvalue weighted by Crippen LogP contribution is -2.43. The minimum atomic E-state index is -1.89. The number of esters is 1. The highest BCUT2D eigenvalue weighted by Gasteiger charge is 2.38. The van der Waals surface area contributed by atoms with E-state index in [1.807, 2.05) is 24.3 Å². The van der Waals surface area contributed by atoms with Gasteiger partial charge in [0.1, 0.15) is 0 Å². The third-order valence-electron chi connectivity index (χ3n) is 4.38. The molecule has 1 atom stereocenters. The molecule has 0 aliphatic heterocycles. The van der Waals surface area contributed by atoms with E-state index in [-0.39, 0.29) is 17.1 Å². The Morgan fingerprint density at radius 1 is 1.21 bits per heavy atom. The molecular weight excluding hydrogens is 316 g/mol. The van der Waals surface area contributed by atoms with Crippen molar-refractivity contribution < 1.29 is 14.0 Å². The molecule has 0 aromatic heterocycles. The molecule has 0 bridgehead atoms. The Labute approximate surface area is 147 Å². The van der Waals surface area contributed by atoms with Gasteiger partial charge in [0.15, 0.2) is 8.32 Å². The summed E-state index contributed by atoms with van der Waals surface area (Å²) in [5.74, 6) is -0.340. The number of hydrogen-bond donors (Lipinski definition) is 0. The molecule has 132 valence electrons. The molecule has 24 heavy (non-hydrogen) atoms. The number of ether oxygens (including phenoxy) is 1. The first kappa shape index (κ1) is 20.4. The highest BCUT2D eigenvalue weighted by molar-refractivity contribution is 6.74. The molecule has 1 aromatic rings. The maximum atomic E-state index is 11.3. The Bertz CT molecular complexity index is 568. The van der Waals surface area contributed by atoms with Gasteiger partial charge in [-0.25, -0.2) is 4.79 Å². The summed E-state index contributed by atoms with van der Waals surface area (Å²) in [6.45, 7) is 11.1. The molecule has 0 amide bonds. The zero-order chi connectivity index (χ0) is 18.2. The maximum Gasteiger partial charge on any atom is 0.330 e. The van der Waals surface area contributed by atoms with Crippen LogP contribution >= 0.6 is 0 Å². The summed E-state index contributed by atoms with van der Waals surface area (Å²) >= 11 is 0. The SMILES string of the molecule is COC(=O)/C=C\C[C@H](/C=C/c1ccccc1)O[Si](C)(C)C(C)(C)C. The Kier molecular flexibility index (Phi) is 7.64. The van der Waals surface area contributed by atoms with Crippen molar-refractivity contribution >= 4 is 20.4 Å². The summed E-state index contributed by atoms with van der Waals surface area (Å²) in [5, 5.41) is 0.137. The van der Waals surface area contributed by atoms with Gasteiger partial charge in [-0.2, -0.15) is 0 Å². The number of hydrogen-bond acceptors (Lipinski definition) is 3. The van der Waals surface area contributed by atoms with Crippen molar-refractivity contribution in [3.8, 4) is 0 Å². The first-order valence-electron chi connectivity index (χ1n) is 8.31. The van der Waals surface area contributed by atoms with Crippen LogP contribution < -0.4 is 0 Å². The van der Waals surface area contributed by atoms with E-state index in [4.69, 9.17) is 4.43 Å². The number of carbonyl (C=O) groups is 1. The quantitative estimate of drug-likeness (QED) is 0.386. The first-order chi connectivity index (χ1) is 11.2. The minimum absolute atomic E-state index is 0.0630. The minimum Gasteiger partial charge on any atom is -0.466 e. The number of carbonyl (C=O) groups excluding carboxylic acids is 1. The van der Waals surface area contributed by atoms with E-state index >= 15 is 0 Å². The fraction of sp³-hybridized carbons (Fsp3) is 0.450. The zero-order valence-corrected chi connectivity index (χ0v) is 16.7. The lowest BCUT2D eigenvalue weighted by Gasteiger charge is -2.38. The second-order valence-corrected chi connectivity index (χ2v) is 12.1. The fourth-order valence-electron chi connectivity index (χ4n) is 1.87. The first-order valence-corrected chi connectivity index (χ1v) is 11.2. The van der Waals surface area contributed by atoms with Crippen LogP contribution in [0.4, 0.5) is 0 Å². The Morgan fingerprint density at radius 3 is 2.38 bits per heavy atom. The van der Waals surface area contributed by atoms with Crippen molar-refractivity contribution in [1.82, 2.24) is 0 Å². The van der Waals surface area contributed by atoms with E-state index < -0.39 is 8.32 Å². The molecule has 3 nitrogen and oxygen atoms in total. The van der Waals surface area contributed by atoms with Gasteiger partial charge in [-0.3, -0.25) is 0 Å². The summed E-state index contributed by atoms with van der Waals surface area (Å²) < 4.78 is 11.1. The van der Waals surface area contributed by atoms with E-state index in [9.17, 15) is 4.79 Å². The number of rotatable bonds is 7. The molecule has 0 saturated carbocycles. The van der Waals surface area contributed by atoms with Gasteiger partial charge in [-0.05, 0) is 30.1 Å². The van der Waals surface area contributed by atoms with E-state index in [1.165, 1.54) is 13.2 Å². The predicted molar refractivity (Wildman–Crippen MR) is 103 cm³/mol. The van der Waals surface area contributed by atoms with Crippen LogP contribution in [-0.2, 0) is 14.0 Å². The van der Waals surface area contributed by atoms with Crippen LogP contribution in [0, 0.1) is 0 Å². The van der Waals surface area contributed by atoms with Crippen molar-refractivity contribution in [2.75, 3.05) is 7.11 Å². The van der Waals surface area contributed by atoms with Gasteiger partial charge in [0, 0.05) is 6.08 Å². The van der Waals surface area contributed by atoms with Crippen LogP contribution in [0.15, 0.2) is 48.6 Å². The van der Waals surface area contributed by atoms with E-state index in [1.54, 1.807) is 0 Å². The van der Waals surface area contributed by atoms with E-state index in [2.05, 4.69) is 62.9 Å². The van der Waals surface area contributed by atoms with Gasteiger partial charge in [-0.15, -0.1) is 0 Å². The molecule has 0 aliphatic rings. The van der Waals surface area contributed by atoms with Gasteiger partial charge < -0.3 is 9.16 Å². The van der Waals surface area contributed by atoms with Gasteiger partial charge in [-0.1, -0.05) is 69.3 Å². The standard InChI is InChI=1S/C20H30O3Si/c1-20(2,3)24(5,6)23-18(13-10-14-19(21)22-4)16-15-17-11-8-7-9-12-17/h7-12,14-16,18H,13H2,1-6H3/b14-10-,16-15+/t18-/m1/s1. The molecule has 0 unspecified atom stereocenters. The second kappa shape index (κ2) is 8.99. The zero-order valence-electron chi connectivity index (χ0n) is 15.7. The van der Waals surface area contributed by atoms with Gasteiger partial charge >= 0.3 is 5.97 Å². The van der Waals surface area contributed by atoms with Crippen molar-refractivity contribution in [3.63, 3.8) is 0 Å². The molecule has 0 spiro atoms. The number of benzene rings is 1. The van der Waals surface area contributed by atoms with Crippen LogP contribution in [0.25, 0.3) is 6.08 Å². The molecule has 1 aromatic carbocycles. The highest BCUT2D eigenvalue weighted by Crippen LogP contribution is 2.37. The average Bonchev–Trinajstić information content (AvgIpc) is 2.51. The molecule has 0 radical (unpaired) electrons. The van der Waals surface area contributed by atoms with Crippen molar-refractivity contribution in [3.05, 3.63) is 54.1 Å². The summed E-state index contributed by atoms with van der Waals surface area (Å²) in [7, 11) is -0.512. The largest absolute Gasteiger partial charge is 0.466 e. The van der Waals surface area contributed by atoms with Crippen LogP contribution in [0.5, 0.6) is 0 Å².